The molecule has 7 heteroatoms. The molecule has 2 aromatic rings. The van der Waals surface area contributed by atoms with Crippen molar-refractivity contribution >= 4 is 27.1 Å². The number of anilines is 2. The largest absolute Gasteiger partial charge is 0.354 e. The molecule has 1 N–H and O–H groups in total. The van der Waals surface area contributed by atoms with Crippen molar-refractivity contribution in [1.29, 1.82) is 0 Å². The molecule has 1 aromatic carbocycles. The molecule has 1 aliphatic heterocycles. The smallest absolute Gasteiger partial charge is 0.255 e. The van der Waals surface area contributed by atoms with Crippen LogP contribution in [0.5, 0.6) is 0 Å². The first-order valence-corrected chi connectivity index (χ1v) is 9.93. The zero-order valence-electron chi connectivity index (χ0n) is 14.3. The first kappa shape index (κ1) is 17.4. The summed E-state index contributed by atoms with van der Waals surface area (Å²) in [5.41, 5.74) is 3.19. The highest BCUT2D eigenvalue weighted by Gasteiger charge is 2.33. The number of hydrogen-bond donors (Lipinski definition) is 1. The lowest BCUT2D eigenvalue weighted by atomic mass is 10.1. The number of aryl methyl sites for hydroxylation is 1. The van der Waals surface area contributed by atoms with Crippen molar-refractivity contribution in [1.82, 2.24) is 9.88 Å². The van der Waals surface area contributed by atoms with Gasteiger partial charge in [-0.2, -0.15) is 0 Å². The zero-order valence-corrected chi connectivity index (χ0v) is 15.1. The van der Waals surface area contributed by atoms with Crippen molar-refractivity contribution in [3.05, 3.63) is 53.9 Å². The van der Waals surface area contributed by atoms with E-state index < -0.39 is 9.84 Å². The predicted molar refractivity (Wildman–Crippen MR) is 97.9 cm³/mol. The third kappa shape index (κ3) is 3.99. The number of sulfone groups is 1. The van der Waals surface area contributed by atoms with Gasteiger partial charge in [-0.25, -0.2) is 8.42 Å². The first-order chi connectivity index (χ1) is 11.9. The van der Waals surface area contributed by atoms with Crippen molar-refractivity contribution in [2.45, 2.75) is 19.4 Å². The lowest BCUT2D eigenvalue weighted by molar-refractivity contribution is 0.0747. The summed E-state index contributed by atoms with van der Waals surface area (Å²) in [6, 6.07) is 9.32. The van der Waals surface area contributed by atoms with E-state index in [0.717, 1.165) is 11.3 Å². The van der Waals surface area contributed by atoms with Crippen LogP contribution in [-0.2, 0) is 9.84 Å². The van der Waals surface area contributed by atoms with Gasteiger partial charge in [-0.3, -0.25) is 9.78 Å². The van der Waals surface area contributed by atoms with Crippen molar-refractivity contribution in [2.24, 2.45) is 0 Å². The highest BCUT2D eigenvalue weighted by atomic mass is 32.2. The summed E-state index contributed by atoms with van der Waals surface area (Å²) in [6.45, 7) is 2.00. The standard InChI is InChI=1S/C18H21N3O3S/c1-13-5-3-4-6-17(13)20-15-9-14(10-19-11-15)18(22)21(2)16-7-8-25(23,24)12-16/h3-6,9-11,16,20H,7-8,12H2,1-2H3. The molecule has 1 atom stereocenters. The Morgan fingerprint density at radius 2 is 2.04 bits per heavy atom. The summed E-state index contributed by atoms with van der Waals surface area (Å²) >= 11 is 0. The number of nitrogens with one attached hydrogen (secondary N) is 1. The van der Waals surface area contributed by atoms with Crippen LogP contribution in [0, 0.1) is 6.92 Å². The maximum atomic E-state index is 12.7. The van der Waals surface area contributed by atoms with Gasteiger partial charge in [0, 0.05) is 25.0 Å². The molecular weight excluding hydrogens is 338 g/mol. The molecule has 6 nitrogen and oxygen atoms in total. The Balaban J connectivity index is 1.77. The van der Waals surface area contributed by atoms with E-state index in [9.17, 15) is 13.2 Å². The number of para-hydroxylation sites is 1. The Kier molecular flexibility index (Phi) is 4.76. The molecule has 0 saturated carbocycles. The lowest BCUT2D eigenvalue weighted by Crippen LogP contribution is -2.37. The van der Waals surface area contributed by atoms with Gasteiger partial charge in [0.15, 0.2) is 9.84 Å². The molecule has 3 rings (SSSR count). The van der Waals surface area contributed by atoms with E-state index in [0.29, 0.717) is 17.7 Å². The van der Waals surface area contributed by atoms with Gasteiger partial charge in [0.1, 0.15) is 0 Å². The minimum absolute atomic E-state index is 0.0316. The highest BCUT2D eigenvalue weighted by Crippen LogP contribution is 2.22. The molecule has 2 heterocycles. The Bertz CT molecular complexity index is 896. The van der Waals surface area contributed by atoms with Crippen LogP contribution in [0.4, 0.5) is 11.4 Å². The van der Waals surface area contributed by atoms with E-state index >= 15 is 0 Å². The second-order valence-corrected chi connectivity index (χ2v) is 8.60. The Morgan fingerprint density at radius 1 is 1.28 bits per heavy atom. The summed E-state index contributed by atoms with van der Waals surface area (Å²) in [5.74, 6) is -0.0466. The Labute approximate surface area is 147 Å². The minimum atomic E-state index is -3.03. The van der Waals surface area contributed by atoms with Gasteiger partial charge in [0.25, 0.3) is 5.91 Å². The van der Waals surface area contributed by atoms with Crippen LogP contribution in [-0.4, -0.2) is 48.8 Å². The summed E-state index contributed by atoms with van der Waals surface area (Å²) in [7, 11) is -1.38. The lowest BCUT2D eigenvalue weighted by Gasteiger charge is -2.23. The van der Waals surface area contributed by atoms with E-state index in [4.69, 9.17) is 0 Å². The molecular formula is C18H21N3O3S. The van der Waals surface area contributed by atoms with Gasteiger partial charge in [-0.05, 0) is 31.0 Å². The number of hydrogen-bond acceptors (Lipinski definition) is 5. The molecule has 0 bridgehead atoms. The number of aromatic nitrogens is 1. The van der Waals surface area contributed by atoms with Gasteiger partial charge in [-0.15, -0.1) is 0 Å². The highest BCUT2D eigenvalue weighted by molar-refractivity contribution is 7.91. The first-order valence-electron chi connectivity index (χ1n) is 8.11. The van der Waals surface area contributed by atoms with Crippen molar-refractivity contribution in [3.8, 4) is 0 Å². The van der Waals surface area contributed by atoms with Crippen LogP contribution >= 0.6 is 0 Å². The van der Waals surface area contributed by atoms with E-state index in [1.54, 1.807) is 19.3 Å². The zero-order chi connectivity index (χ0) is 18.0. The molecule has 132 valence electrons. The number of benzene rings is 1. The van der Waals surface area contributed by atoms with E-state index in [1.165, 1.54) is 11.1 Å². The Morgan fingerprint density at radius 3 is 2.72 bits per heavy atom. The van der Waals surface area contributed by atoms with Crippen LogP contribution < -0.4 is 5.32 Å². The summed E-state index contributed by atoms with van der Waals surface area (Å²) in [5, 5.41) is 3.26. The normalized spacial score (nSPS) is 18.7. The van der Waals surface area contributed by atoms with E-state index in [-0.39, 0.29) is 23.5 Å². The minimum Gasteiger partial charge on any atom is -0.354 e. The maximum absolute atomic E-state index is 12.7. The maximum Gasteiger partial charge on any atom is 0.255 e. The van der Waals surface area contributed by atoms with Gasteiger partial charge in [0.2, 0.25) is 0 Å². The second kappa shape index (κ2) is 6.84. The number of pyridine rings is 1. The molecule has 1 aromatic heterocycles. The molecule has 1 saturated heterocycles. The number of nitrogens with zero attached hydrogens (tertiary/aromatic N) is 2. The van der Waals surface area contributed by atoms with Gasteiger partial charge < -0.3 is 10.2 Å². The third-order valence-electron chi connectivity index (χ3n) is 4.49. The number of rotatable bonds is 4. The van der Waals surface area contributed by atoms with Crippen LogP contribution in [0.25, 0.3) is 0 Å². The SMILES string of the molecule is Cc1ccccc1Nc1cncc(C(=O)N(C)C2CCS(=O)(=O)C2)c1. The van der Waals surface area contributed by atoms with Gasteiger partial charge in [-0.1, -0.05) is 18.2 Å². The number of carbonyl (C=O) groups is 1. The van der Waals surface area contributed by atoms with Crippen molar-refractivity contribution in [2.75, 3.05) is 23.9 Å². The molecule has 0 spiro atoms. The van der Waals surface area contributed by atoms with Crippen LogP contribution in [0.2, 0.25) is 0 Å². The van der Waals surface area contributed by atoms with Crippen molar-refractivity contribution in [3.63, 3.8) is 0 Å². The van der Waals surface area contributed by atoms with Crippen LogP contribution in [0.15, 0.2) is 42.7 Å². The van der Waals surface area contributed by atoms with E-state index in [2.05, 4.69) is 10.3 Å². The average molecular weight is 359 g/mol. The van der Waals surface area contributed by atoms with Crippen LogP contribution in [0.3, 0.4) is 0 Å². The fraction of sp³-hybridized carbons (Fsp3) is 0.333. The molecule has 0 aliphatic carbocycles. The summed E-state index contributed by atoms with van der Waals surface area (Å²) < 4.78 is 23.3. The average Bonchev–Trinajstić information content (AvgIpc) is 2.96. The summed E-state index contributed by atoms with van der Waals surface area (Å²) in [6.07, 6.45) is 3.65. The fourth-order valence-electron chi connectivity index (χ4n) is 2.94. The van der Waals surface area contributed by atoms with Crippen LogP contribution in [0.1, 0.15) is 22.3 Å². The monoisotopic (exact) mass is 359 g/mol. The quantitative estimate of drug-likeness (QED) is 0.907. The number of carbonyl (C=O) groups excluding carboxylic acids is 1. The topological polar surface area (TPSA) is 79.4 Å². The number of amides is 1. The second-order valence-electron chi connectivity index (χ2n) is 6.38. The third-order valence-corrected chi connectivity index (χ3v) is 6.24. The molecule has 25 heavy (non-hydrogen) atoms. The molecule has 0 radical (unpaired) electrons. The van der Waals surface area contributed by atoms with Gasteiger partial charge in [0.05, 0.1) is 29.0 Å². The molecule has 1 aliphatic rings. The molecule has 1 unspecified atom stereocenters. The molecule has 1 fully saturated rings. The Hall–Kier alpha value is -2.41. The van der Waals surface area contributed by atoms with Gasteiger partial charge >= 0.3 is 0 Å². The van der Waals surface area contributed by atoms with E-state index in [1.807, 2.05) is 31.2 Å². The predicted octanol–water partition coefficient (Wildman–Crippen LogP) is 2.39. The summed E-state index contributed by atoms with van der Waals surface area (Å²) in [4.78, 5) is 18.3. The van der Waals surface area contributed by atoms with Crippen molar-refractivity contribution < 1.29 is 13.2 Å². The molecule has 1 amide bonds. The fourth-order valence-corrected chi connectivity index (χ4v) is 4.72.